The molecule has 104 valence electrons. The lowest BCUT2D eigenvalue weighted by Crippen LogP contribution is -1.99. The minimum atomic E-state index is 0.678. The Balaban J connectivity index is 1.80. The van der Waals surface area contributed by atoms with E-state index in [2.05, 4.69) is 22.3 Å². The SMILES string of the molecule is CCn1c(SCc2cc(C)no2)nnc1-c1ccco1. The highest BCUT2D eigenvalue weighted by Gasteiger charge is 2.15. The van der Waals surface area contributed by atoms with Crippen LogP contribution in [0.3, 0.4) is 0 Å². The van der Waals surface area contributed by atoms with Crippen molar-refractivity contribution in [2.75, 3.05) is 0 Å². The van der Waals surface area contributed by atoms with Crippen LogP contribution in [0.1, 0.15) is 18.4 Å². The standard InChI is InChI=1S/C13H14N4O2S/c1-3-17-12(11-5-4-6-18-11)14-15-13(17)20-8-10-7-9(2)16-19-10/h4-7H,3,8H2,1-2H3. The lowest BCUT2D eigenvalue weighted by atomic mass is 10.4. The fourth-order valence-electron chi connectivity index (χ4n) is 1.89. The molecule has 7 heteroatoms. The Morgan fingerprint density at radius 2 is 2.25 bits per heavy atom. The van der Waals surface area contributed by atoms with Crippen molar-refractivity contribution in [1.29, 1.82) is 0 Å². The zero-order valence-corrected chi connectivity index (χ0v) is 12.1. The molecule has 0 amide bonds. The van der Waals surface area contributed by atoms with E-state index in [-0.39, 0.29) is 0 Å². The molecule has 6 nitrogen and oxygen atoms in total. The topological polar surface area (TPSA) is 69.9 Å². The van der Waals surface area contributed by atoms with Gasteiger partial charge in [-0.1, -0.05) is 16.9 Å². The number of hydrogen-bond acceptors (Lipinski definition) is 6. The molecule has 20 heavy (non-hydrogen) atoms. The van der Waals surface area contributed by atoms with E-state index in [1.807, 2.05) is 29.7 Å². The van der Waals surface area contributed by atoms with Crippen LogP contribution in [0.25, 0.3) is 11.6 Å². The van der Waals surface area contributed by atoms with Gasteiger partial charge in [0.05, 0.1) is 17.7 Å². The molecular weight excluding hydrogens is 276 g/mol. The predicted molar refractivity (Wildman–Crippen MR) is 74.2 cm³/mol. The van der Waals surface area contributed by atoms with Crippen LogP contribution in [0.15, 0.2) is 38.6 Å². The first-order valence-electron chi connectivity index (χ1n) is 6.30. The first-order chi connectivity index (χ1) is 9.78. The highest BCUT2D eigenvalue weighted by Crippen LogP contribution is 2.26. The van der Waals surface area contributed by atoms with Gasteiger partial charge in [0, 0.05) is 12.6 Å². The van der Waals surface area contributed by atoms with Crippen LogP contribution in [0.4, 0.5) is 0 Å². The largest absolute Gasteiger partial charge is 0.461 e. The van der Waals surface area contributed by atoms with Crippen LogP contribution < -0.4 is 0 Å². The highest BCUT2D eigenvalue weighted by atomic mass is 32.2. The summed E-state index contributed by atoms with van der Waals surface area (Å²) < 4.78 is 12.6. The van der Waals surface area contributed by atoms with Crippen LogP contribution in [0.2, 0.25) is 0 Å². The summed E-state index contributed by atoms with van der Waals surface area (Å²) in [7, 11) is 0. The first kappa shape index (κ1) is 13.0. The molecule has 0 radical (unpaired) electrons. The second-order valence-corrected chi connectivity index (χ2v) is 5.19. The first-order valence-corrected chi connectivity index (χ1v) is 7.28. The van der Waals surface area contributed by atoms with Crippen molar-refractivity contribution in [3.8, 4) is 11.6 Å². The molecular formula is C13H14N4O2S. The van der Waals surface area contributed by atoms with Crippen molar-refractivity contribution in [2.24, 2.45) is 0 Å². The number of aromatic nitrogens is 4. The zero-order chi connectivity index (χ0) is 13.9. The molecule has 0 saturated heterocycles. The molecule has 0 aromatic carbocycles. The Morgan fingerprint density at radius 1 is 1.35 bits per heavy atom. The van der Waals surface area contributed by atoms with E-state index < -0.39 is 0 Å². The monoisotopic (exact) mass is 290 g/mol. The van der Waals surface area contributed by atoms with Gasteiger partial charge in [-0.15, -0.1) is 10.2 Å². The van der Waals surface area contributed by atoms with Crippen LogP contribution in [0.5, 0.6) is 0 Å². The van der Waals surface area contributed by atoms with Gasteiger partial charge in [-0.2, -0.15) is 0 Å². The van der Waals surface area contributed by atoms with Gasteiger partial charge >= 0.3 is 0 Å². The molecule has 0 fully saturated rings. The van der Waals surface area contributed by atoms with Crippen molar-refractivity contribution in [2.45, 2.75) is 31.3 Å². The quantitative estimate of drug-likeness (QED) is 0.672. The third-order valence-corrected chi connectivity index (χ3v) is 3.78. The van der Waals surface area contributed by atoms with Gasteiger partial charge in [0.25, 0.3) is 0 Å². The van der Waals surface area contributed by atoms with Gasteiger partial charge in [-0.25, -0.2) is 0 Å². The fraction of sp³-hybridized carbons (Fsp3) is 0.308. The molecule has 0 saturated carbocycles. The highest BCUT2D eigenvalue weighted by molar-refractivity contribution is 7.98. The summed E-state index contributed by atoms with van der Waals surface area (Å²) in [5, 5.41) is 13.1. The molecule has 0 aliphatic rings. The van der Waals surface area contributed by atoms with E-state index in [4.69, 9.17) is 8.94 Å². The molecule has 0 aliphatic heterocycles. The Labute approximate surface area is 120 Å². The number of nitrogens with zero attached hydrogens (tertiary/aromatic N) is 4. The van der Waals surface area contributed by atoms with Crippen molar-refractivity contribution < 1.29 is 8.94 Å². The second-order valence-electron chi connectivity index (χ2n) is 4.25. The van der Waals surface area contributed by atoms with Gasteiger partial charge in [0.15, 0.2) is 16.7 Å². The van der Waals surface area contributed by atoms with E-state index in [0.717, 1.165) is 34.7 Å². The molecule has 0 aliphatic carbocycles. The Hall–Kier alpha value is -2.02. The zero-order valence-electron chi connectivity index (χ0n) is 11.2. The maximum absolute atomic E-state index is 5.38. The van der Waals surface area contributed by atoms with E-state index >= 15 is 0 Å². The number of aryl methyl sites for hydroxylation is 1. The van der Waals surface area contributed by atoms with Crippen molar-refractivity contribution in [3.05, 3.63) is 35.9 Å². The number of thioether (sulfide) groups is 1. The summed E-state index contributed by atoms with van der Waals surface area (Å²) in [6.45, 7) is 4.74. The van der Waals surface area contributed by atoms with Crippen molar-refractivity contribution in [1.82, 2.24) is 19.9 Å². The predicted octanol–water partition coefficient (Wildman–Crippen LogP) is 3.15. The molecule has 3 aromatic rings. The van der Waals surface area contributed by atoms with E-state index in [1.165, 1.54) is 0 Å². The second kappa shape index (κ2) is 5.54. The number of rotatable bonds is 5. The lowest BCUT2D eigenvalue weighted by Gasteiger charge is -2.04. The van der Waals surface area contributed by atoms with E-state index in [1.54, 1.807) is 18.0 Å². The Morgan fingerprint density at radius 3 is 2.90 bits per heavy atom. The van der Waals surface area contributed by atoms with Gasteiger partial charge in [0.1, 0.15) is 5.76 Å². The van der Waals surface area contributed by atoms with E-state index in [0.29, 0.717) is 5.75 Å². The van der Waals surface area contributed by atoms with Crippen LogP contribution in [0, 0.1) is 6.92 Å². The van der Waals surface area contributed by atoms with Crippen LogP contribution in [-0.4, -0.2) is 19.9 Å². The van der Waals surface area contributed by atoms with Gasteiger partial charge in [0.2, 0.25) is 0 Å². The van der Waals surface area contributed by atoms with Gasteiger partial charge < -0.3 is 8.94 Å². The molecule has 3 heterocycles. The third-order valence-electron chi connectivity index (χ3n) is 2.79. The lowest BCUT2D eigenvalue weighted by molar-refractivity contribution is 0.391. The summed E-state index contributed by atoms with van der Waals surface area (Å²) in [5.41, 5.74) is 0.883. The summed E-state index contributed by atoms with van der Waals surface area (Å²) >= 11 is 1.57. The molecule has 3 rings (SSSR count). The summed E-state index contributed by atoms with van der Waals surface area (Å²) in [6, 6.07) is 5.64. The minimum Gasteiger partial charge on any atom is -0.461 e. The third kappa shape index (κ3) is 2.49. The Kier molecular flexibility index (Phi) is 3.60. The molecule has 0 atom stereocenters. The average Bonchev–Trinajstić information content (AvgIpc) is 3.16. The smallest absolute Gasteiger partial charge is 0.200 e. The minimum absolute atomic E-state index is 0.678. The normalized spacial score (nSPS) is 11.1. The molecule has 0 spiro atoms. The maximum atomic E-state index is 5.38. The van der Waals surface area contributed by atoms with Crippen molar-refractivity contribution >= 4 is 11.8 Å². The van der Waals surface area contributed by atoms with Crippen molar-refractivity contribution in [3.63, 3.8) is 0 Å². The maximum Gasteiger partial charge on any atom is 0.200 e. The molecule has 0 unspecified atom stereocenters. The average molecular weight is 290 g/mol. The Bertz CT molecular complexity index is 687. The summed E-state index contributed by atoms with van der Waals surface area (Å²) in [4.78, 5) is 0. The number of hydrogen-bond donors (Lipinski definition) is 0. The molecule has 0 bridgehead atoms. The van der Waals surface area contributed by atoms with Crippen LogP contribution in [-0.2, 0) is 12.3 Å². The van der Waals surface area contributed by atoms with Crippen LogP contribution >= 0.6 is 11.8 Å². The molecule has 3 aromatic heterocycles. The van der Waals surface area contributed by atoms with Gasteiger partial charge in [-0.3, -0.25) is 4.57 Å². The summed E-state index contributed by atoms with van der Waals surface area (Å²) in [6.07, 6.45) is 1.63. The van der Waals surface area contributed by atoms with Gasteiger partial charge in [-0.05, 0) is 26.0 Å². The van der Waals surface area contributed by atoms with E-state index in [9.17, 15) is 0 Å². The fourth-order valence-corrected chi connectivity index (χ4v) is 2.77. The summed E-state index contributed by atoms with van der Waals surface area (Å²) in [5.74, 6) is 2.98. The number of furan rings is 1. The molecule has 0 N–H and O–H groups in total.